The maximum atomic E-state index is 12.5. The van der Waals surface area contributed by atoms with E-state index in [0.29, 0.717) is 21.7 Å². The Kier molecular flexibility index (Phi) is 7.42. The number of ketones is 1. The van der Waals surface area contributed by atoms with Crippen LogP contribution in [0.15, 0.2) is 47.2 Å². The average Bonchev–Trinajstić information content (AvgIpc) is 2.63. The van der Waals surface area contributed by atoms with Gasteiger partial charge in [0.15, 0.2) is 5.78 Å². The van der Waals surface area contributed by atoms with Gasteiger partial charge in [0.1, 0.15) is 18.1 Å². The third-order valence-electron chi connectivity index (χ3n) is 4.56. The number of rotatable bonds is 2. The monoisotopic (exact) mass is 371 g/mol. The highest BCUT2D eigenvalue weighted by atomic mass is 32.1. The summed E-state index contributed by atoms with van der Waals surface area (Å²) in [6, 6.07) is 9.05. The molecule has 0 radical (unpaired) electrons. The molecule has 0 aliphatic carbocycles. The molecule has 1 atom stereocenters. The van der Waals surface area contributed by atoms with Crippen molar-refractivity contribution in [3.05, 3.63) is 58.1 Å². The lowest BCUT2D eigenvalue weighted by Gasteiger charge is -2.28. The molecule has 2 aliphatic rings. The van der Waals surface area contributed by atoms with Crippen molar-refractivity contribution in [3.63, 3.8) is 0 Å². The van der Waals surface area contributed by atoms with E-state index < -0.39 is 0 Å². The zero-order valence-electron chi connectivity index (χ0n) is 15.5. The lowest BCUT2D eigenvalue weighted by molar-refractivity contribution is -0.888. The summed E-state index contributed by atoms with van der Waals surface area (Å²) in [7, 11) is 2.20. The molecule has 6 heteroatoms. The molecular formula is C20H25N3O2S. The molecule has 26 heavy (non-hydrogen) atoms. The first-order chi connectivity index (χ1) is 12.5. The smallest absolute Gasteiger partial charge is 0.191 e. The average molecular weight is 372 g/mol. The van der Waals surface area contributed by atoms with Gasteiger partial charge < -0.3 is 20.4 Å². The highest BCUT2D eigenvalue weighted by molar-refractivity contribution is 7.80. The molecule has 0 amide bonds. The van der Waals surface area contributed by atoms with E-state index in [-0.39, 0.29) is 11.7 Å². The van der Waals surface area contributed by atoms with Crippen LogP contribution in [0.4, 0.5) is 0 Å². The molecule has 0 spiro atoms. The quantitative estimate of drug-likeness (QED) is 0.357. The predicted molar refractivity (Wildman–Crippen MR) is 108 cm³/mol. The molecule has 2 N–H and O–H groups in total. The minimum atomic E-state index is -0.272. The molecular weight excluding hydrogens is 346 g/mol. The standard InChI is InChI=1S/C15H13N2OS.C5H11NO/c1-9-12(8-16)15(19)17-10(2)13(9)14(18)11-6-4-3-5-7-11;1-6-2-4-7-5-3-6/h3-7,9H,1-2H3,(H,17,19);2-5H2,1H3/q-1;/p+1. The van der Waals surface area contributed by atoms with Crippen molar-refractivity contribution in [2.24, 2.45) is 5.92 Å². The molecule has 3 rings (SSSR count). The van der Waals surface area contributed by atoms with Crippen molar-refractivity contribution >= 4 is 28.9 Å². The Morgan fingerprint density at radius 3 is 2.42 bits per heavy atom. The molecule has 2 aliphatic heterocycles. The number of likely N-dealkylation sites (N-methyl/N-ethyl adjacent to an activating group) is 1. The van der Waals surface area contributed by atoms with E-state index in [1.54, 1.807) is 17.0 Å². The number of thiocarbonyl (C=S) groups is 1. The van der Waals surface area contributed by atoms with Gasteiger partial charge in [-0.15, -0.1) is 0 Å². The predicted octanol–water partition coefficient (Wildman–Crippen LogP) is 1.41. The molecule has 2 heterocycles. The van der Waals surface area contributed by atoms with Crippen molar-refractivity contribution in [2.75, 3.05) is 33.4 Å². The van der Waals surface area contributed by atoms with Gasteiger partial charge in [0, 0.05) is 28.3 Å². The lowest BCUT2D eigenvalue weighted by Crippen LogP contribution is -3.11. The van der Waals surface area contributed by atoms with Crippen LogP contribution in [0, 0.1) is 5.92 Å². The largest absolute Gasteiger partial charge is 0.763 e. The van der Waals surface area contributed by atoms with Crippen LogP contribution >= 0.6 is 12.2 Å². The zero-order chi connectivity index (χ0) is 19.1. The zero-order valence-corrected chi connectivity index (χ0v) is 16.3. The number of nitrogens with one attached hydrogen (secondary N) is 2. The van der Waals surface area contributed by atoms with Gasteiger partial charge in [-0.2, -0.15) is 0 Å². The first kappa shape index (κ1) is 20.2. The Balaban J connectivity index is 0.000000290. The number of quaternary nitrogens is 1. The molecule has 0 bridgehead atoms. The van der Waals surface area contributed by atoms with Crippen LogP contribution < -0.4 is 10.2 Å². The van der Waals surface area contributed by atoms with Crippen molar-refractivity contribution in [1.29, 1.82) is 0 Å². The Labute approximate surface area is 160 Å². The number of ether oxygens (including phenoxy) is 1. The molecule has 0 saturated carbocycles. The van der Waals surface area contributed by atoms with Crippen molar-refractivity contribution in [3.8, 4) is 0 Å². The van der Waals surface area contributed by atoms with Gasteiger partial charge in [-0.25, -0.2) is 0 Å². The van der Waals surface area contributed by atoms with E-state index in [9.17, 15) is 4.79 Å². The molecule has 0 aromatic heterocycles. The first-order valence-electron chi connectivity index (χ1n) is 8.73. The number of carbonyl (C=O) groups excluding carboxylic acids is 1. The van der Waals surface area contributed by atoms with Crippen molar-refractivity contribution < 1.29 is 14.4 Å². The van der Waals surface area contributed by atoms with E-state index in [1.807, 2.05) is 32.0 Å². The Morgan fingerprint density at radius 1 is 1.31 bits per heavy atom. The van der Waals surface area contributed by atoms with Crippen LogP contribution in [-0.4, -0.2) is 50.0 Å². The van der Waals surface area contributed by atoms with Crippen LogP contribution in [0.1, 0.15) is 24.2 Å². The summed E-state index contributed by atoms with van der Waals surface area (Å²) in [6.07, 6.45) is 0. The van der Waals surface area contributed by atoms with Crippen LogP contribution in [0.5, 0.6) is 0 Å². The topological polar surface area (TPSA) is 65.1 Å². The Morgan fingerprint density at radius 2 is 1.92 bits per heavy atom. The summed E-state index contributed by atoms with van der Waals surface area (Å²) < 4.78 is 5.12. The maximum absolute atomic E-state index is 12.5. The minimum Gasteiger partial charge on any atom is -0.763 e. The third-order valence-corrected chi connectivity index (χ3v) is 4.89. The molecule has 1 aromatic carbocycles. The van der Waals surface area contributed by atoms with Gasteiger partial charge in [0.05, 0.1) is 20.3 Å². The van der Waals surface area contributed by atoms with E-state index in [4.69, 9.17) is 22.4 Å². The van der Waals surface area contributed by atoms with Gasteiger partial charge in [-0.05, 0) is 6.92 Å². The molecule has 138 valence electrons. The van der Waals surface area contributed by atoms with Gasteiger partial charge >= 0.3 is 0 Å². The van der Waals surface area contributed by atoms with Gasteiger partial charge in [0.25, 0.3) is 0 Å². The van der Waals surface area contributed by atoms with Crippen LogP contribution in [-0.2, 0) is 4.74 Å². The molecule has 1 saturated heterocycles. The van der Waals surface area contributed by atoms with Crippen LogP contribution in [0.2, 0.25) is 0 Å². The highest BCUT2D eigenvalue weighted by Crippen LogP contribution is 2.28. The number of benzene rings is 1. The van der Waals surface area contributed by atoms with Crippen LogP contribution in [0.25, 0.3) is 5.41 Å². The summed E-state index contributed by atoms with van der Waals surface area (Å²) in [4.78, 5) is 14.5. The summed E-state index contributed by atoms with van der Waals surface area (Å²) in [5, 5.41) is 12.1. The van der Waals surface area contributed by atoms with Crippen molar-refractivity contribution in [1.82, 2.24) is 5.32 Å². The highest BCUT2D eigenvalue weighted by Gasteiger charge is 2.29. The van der Waals surface area contributed by atoms with E-state index in [2.05, 4.69) is 18.2 Å². The second-order valence-corrected chi connectivity index (χ2v) is 6.91. The lowest BCUT2D eigenvalue weighted by atomic mass is 9.84. The third kappa shape index (κ3) is 4.96. The number of carbonyl (C=O) groups is 1. The Bertz CT molecular complexity index is 746. The van der Waals surface area contributed by atoms with Gasteiger partial charge in [-0.3, -0.25) is 10.7 Å². The maximum Gasteiger partial charge on any atom is 0.191 e. The molecule has 1 unspecified atom stereocenters. The summed E-state index contributed by atoms with van der Waals surface area (Å²) in [6.45, 7) is 7.91. The number of Topliss-reactive ketones (excluding diaryl/α,β-unsaturated/α-hetero) is 1. The summed E-state index contributed by atoms with van der Waals surface area (Å²) in [5.74, 6) is 1.75. The number of nitrogens with zero attached hydrogens (tertiary/aromatic N) is 1. The summed E-state index contributed by atoms with van der Waals surface area (Å²) in [5.41, 5.74) is 2.40. The van der Waals surface area contributed by atoms with Crippen molar-refractivity contribution in [2.45, 2.75) is 13.8 Å². The summed E-state index contributed by atoms with van der Waals surface area (Å²) >= 11 is 5.12. The van der Waals surface area contributed by atoms with E-state index in [0.717, 1.165) is 18.9 Å². The number of hydrogen-bond donors (Lipinski definition) is 2. The number of morpholine rings is 1. The second-order valence-electron chi connectivity index (χ2n) is 6.50. The SMILES string of the molecule is CC1=C(C(=O)c2ccccc2)C(C)C(=C=[N-])C(=S)N1.C[NH+]1CCOCC1. The first-order valence-corrected chi connectivity index (χ1v) is 9.14. The van der Waals surface area contributed by atoms with Gasteiger partial charge in [0.2, 0.25) is 0 Å². The van der Waals surface area contributed by atoms with Crippen LogP contribution in [0.3, 0.4) is 0 Å². The van der Waals surface area contributed by atoms with E-state index in [1.165, 1.54) is 13.1 Å². The normalized spacial score (nSPS) is 20.7. The minimum absolute atomic E-state index is 0.0617. The molecule has 1 fully saturated rings. The van der Waals surface area contributed by atoms with Gasteiger partial charge in [-0.1, -0.05) is 49.5 Å². The Hall–Kier alpha value is -2.11. The fourth-order valence-electron chi connectivity index (χ4n) is 2.95. The molecule has 1 aromatic rings. The number of allylic oxidation sites excluding steroid dienone is 2. The molecule has 5 nitrogen and oxygen atoms in total. The fraction of sp³-hybridized carbons (Fsp3) is 0.400. The fourth-order valence-corrected chi connectivity index (χ4v) is 3.33. The van der Waals surface area contributed by atoms with E-state index >= 15 is 0 Å². The number of hydrogen-bond acceptors (Lipinski definition) is 3. The second kappa shape index (κ2) is 9.55.